The number of alkyl halides is 39. The minimum atomic E-state index is -9.03. The summed E-state index contributed by atoms with van der Waals surface area (Å²) in [6.45, 7) is -15.9. The fraction of sp³-hybridized carbons (Fsp3) is 0.684. The molecular weight excluding hydrogens is 1470 g/mol. The first-order valence-electron chi connectivity index (χ1n) is 21.9. The lowest BCUT2D eigenvalue weighted by Crippen LogP contribution is -2.70. The van der Waals surface area contributed by atoms with Crippen molar-refractivity contribution in [1.82, 2.24) is 0 Å². The Morgan fingerprint density at radius 3 is 0.565 bits per heavy atom. The van der Waals surface area contributed by atoms with Gasteiger partial charge in [-0.2, -0.15) is 171 Å². The normalized spacial score (nSPS) is 15.5. The number of hydrogen-bond acceptors (Lipinski definition) is 3. The van der Waals surface area contributed by atoms with E-state index in [4.69, 9.17) is 0 Å². The van der Waals surface area contributed by atoms with E-state index < -0.39 is 243 Å². The zero-order chi connectivity index (χ0) is 73.8. The van der Waals surface area contributed by atoms with E-state index >= 15 is 17.6 Å². The maximum absolute atomic E-state index is 15.4. The highest BCUT2D eigenvalue weighted by Crippen LogP contribution is 2.64. The third-order valence-electron chi connectivity index (χ3n) is 12.1. The Morgan fingerprint density at radius 1 is 0.228 bits per heavy atom. The van der Waals surface area contributed by atoms with Crippen LogP contribution in [0.5, 0.6) is 0 Å². The summed E-state index contributed by atoms with van der Waals surface area (Å²) in [4.78, 5) is 0. The quantitative estimate of drug-likeness (QED) is 0.0352. The maximum atomic E-state index is 15.4. The topological polar surface area (TPSA) is 27.7 Å². The molecule has 0 aromatic heterocycles. The molecule has 0 atom stereocenters. The number of hydrogen-bond donors (Lipinski definition) is 0. The van der Waals surface area contributed by atoms with Crippen molar-refractivity contribution in [1.29, 1.82) is 0 Å². The van der Waals surface area contributed by atoms with Crippen molar-refractivity contribution < 1.29 is 228 Å². The Morgan fingerprint density at radius 2 is 0.391 bits per heavy atom. The van der Waals surface area contributed by atoms with E-state index in [0.29, 0.717) is 0 Å². The molecule has 0 unspecified atom stereocenters. The Hall–Kier alpha value is -4.83. The molecule has 3 nitrogen and oxygen atoms in total. The molecule has 0 N–H and O–H groups in total. The zero-order valence-electron chi connectivity index (χ0n) is 41.5. The molecule has 0 aliphatic heterocycles. The fourth-order valence-electron chi connectivity index (χ4n) is 6.83. The van der Waals surface area contributed by atoms with Crippen molar-refractivity contribution in [3.63, 3.8) is 0 Å². The van der Waals surface area contributed by atoms with Crippen LogP contribution in [0.3, 0.4) is 0 Å². The predicted octanol–water partition coefficient (Wildman–Crippen LogP) is 17.1. The van der Waals surface area contributed by atoms with Crippen LogP contribution in [0.15, 0.2) is 0 Å². The van der Waals surface area contributed by atoms with Gasteiger partial charge >= 0.3 is 116 Å². The van der Waals surface area contributed by atoms with Gasteiger partial charge < -0.3 is 13.3 Å². The number of rotatable bonds is 29. The molecule has 54 heteroatoms. The lowest BCUT2D eigenvalue weighted by Gasteiger charge is -2.40. The monoisotopic (exact) mass is 1490 g/mol. The zero-order valence-corrected chi connectivity index (χ0v) is 42.5. The molecule has 0 heterocycles. The molecule has 92 heavy (non-hydrogen) atoms. The molecule has 0 aliphatic carbocycles. The molecule has 0 amide bonds. The van der Waals surface area contributed by atoms with Crippen molar-refractivity contribution in [3.8, 4) is 0 Å². The highest BCUT2D eigenvalue weighted by Gasteiger charge is 2.93. The second-order valence-electron chi connectivity index (χ2n) is 18.0. The van der Waals surface area contributed by atoms with E-state index in [2.05, 4.69) is 13.3 Å². The van der Waals surface area contributed by atoms with Crippen molar-refractivity contribution in [2.75, 3.05) is 19.8 Å². The Bertz CT molecular complexity index is 2640. The average Bonchev–Trinajstić information content (AvgIpc) is 0.729. The van der Waals surface area contributed by atoms with E-state index in [9.17, 15) is 198 Å². The van der Waals surface area contributed by atoms with Gasteiger partial charge in [0.25, 0.3) is 0 Å². The van der Waals surface area contributed by atoms with Crippen LogP contribution in [0.25, 0.3) is 0 Å². The highest BCUT2D eigenvalue weighted by molar-refractivity contribution is 6.86. The number of halogens is 49. The lowest BCUT2D eigenvalue weighted by atomic mass is 9.38. The van der Waals surface area contributed by atoms with Gasteiger partial charge in [-0.3, -0.25) is 0 Å². The van der Waals surface area contributed by atoms with E-state index in [1.54, 1.807) is 0 Å². The van der Waals surface area contributed by atoms with Gasteiger partial charge in [0.2, 0.25) is 6.71 Å². The van der Waals surface area contributed by atoms with Crippen LogP contribution < -0.4 is 10.9 Å². The molecule has 2 aromatic carbocycles. The van der Waals surface area contributed by atoms with Gasteiger partial charge in [-0.25, -0.2) is 43.9 Å². The molecule has 0 aliphatic rings. The van der Waals surface area contributed by atoms with Gasteiger partial charge in [0, 0.05) is 56.1 Å². The summed E-state index contributed by atoms with van der Waals surface area (Å²) in [7, 11) is -8.22. The maximum Gasteiger partial charge on any atom is 0.500 e. The molecule has 536 valence electrons. The van der Waals surface area contributed by atoms with Gasteiger partial charge in [0.05, 0.1) is 0 Å². The molecule has 0 fully saturated rings. The van der Waals surface area contributed by atoms with Crippen LogP contribution in [0.4, 0.5) is 215 Å². The predicted molar refractivity (Wildman–Crippen MR) is 197 cm³/mol. The molecule has 0 saturated heterocycles. The lowest BCUT2D eigenvalue weighted by molar-refractivity contribution is -0.440. The SMILES string of the molecule is Fc1c(F)c(F)c(B(CC[Si](OCCC(F)(F)C(F)(F)C(F)(F)C(F)(F)C(F)(F)C(F)(F)F)(OCCC(F)(F)C(F)(F)C(F)(F)C(F)(F)C(F)(F)C(F)(F)F)OCCC(F)(F)C(F)(F)C(F)(F)C(F)(F)C(F)(F)C(F)(F)F)c2c(F)c(F)c(F)c(F)c2F)c(F)c1F. The standard InChI is InChI=1S/C38H16BF49O3Si/c40-11-9(12(41)16(45)19(48)15(11)44)39(10-13(42)17(46)20(49)18(47)14(10)43)4-8-92(89-5-1-21(50,51)24(56,57)27(62,63)30(68,69)33(74,75)36(80,81)82,90-6-2-22(52,53)25(58,59)28(64,65)31(70,71)34(76,77)37(83,84)85)91-7-3-23(54,55)26(60,61)29(66,67)32(72,73)35(78,79)38(86,87)88/h1-8H2. The number of benzene rings is 2. The Balaban J connectivity index is 3.32. The van der Waals surface area contributed by atoms with Crippen molar-refractivity contribution in [3.05, 3.63) is 58.2 Å². The van der Waals surface area contributed by atoms with Crippen LogP contribution in [0, 0.1) is 58.2 Å². The molecule has 0 spiro atoms. The van der Waals surface area contributed by atoms with Crippen molar-refractivity contribution in [2.45, 2.75) is 139 Å². The van der Waals surface area contributed by atoms with E-state index in [-0.39, 0.29) is 0 Å². The van der Waals surface area contributed by atoms with Crippen LogP contribution in [-0.4, -0.2) is 143 Å². The van der Waals surface area contributed by atoms with Crippen molar-refractivity contribution in [2.24, 2.45) is 0 Å². The smallest absolute Gasteiger partial charge is 0.373 e. The summed E-state index contributed by atoms with van der Waals surface area (Å²) in [5.74, 6) is -167. The second-order valence-corrected chi connectivity index (χ2v) is 20.8. The molecule has 0 radical (unpaired) electrons. The first kappa shape index (κ1) is 83.3. The summed E-state index contributed by atoms with van der Waals surface area (Å²) >= 11 is 0. The summed E-state index contributed by atoms with van der Waals surface area (Å²) < 4.78 is 701. The summed E-state index contributed by atoms with van der Waals surface area (Å²) in [5, 5.41) is 0. The minimum Gasteiger partial charge on any atom is -0.373 e. The van der Waals surface area contributed by atoms with E-state index in [1.165, 1.54) is 0 Å². The van der Waals surface area contributed by atoms with Gasteiger partial charge in [-0.05, 0) is 0 Å². The second kappa shape index (κ2) is 24.7. The third-order valence-corrected chi connectivity index (χ3v) is 15.0. The van der Waals surface area contributed by atoms with Gasteiger partial charge in [0.1, 0.15) is 0 Å². The van der Waals surface area contributed by atoms with Gasteiger partial charge in [0.15, 0.2) is 58.2 Å². The molecule has 0 bridgehead atoms. The third kappa shape index (κ3) is 12.9. The van der Waals surface area contributed by atoms with Crippen LogP contribution in [-0.2, 0) is 13.3 Å². The first-order valence-corrected chi connectivity index (χ1v) is 23.8. The van der Waals surface area contributed by atoms with E-state index in [0.717, 1.165) is 0 Å². The van der Waals surface area contributed by atoms with Gasteiger partial charge in [-0.1, -0.05) is 6.32 Å². The Kier molecular flexibility index (Phi) is 22.3. The summed E-state index contributed by atoms with van der Waals surface area (Å²) in [5.41, 5.74) is -6.65. The molecule has 0 saturated carbocycles. The summed E-state index contributed by atoms with van der Waals surface area (Å²) in [6.07, 6.45) is -40.9. The largest absolute Gasteiger partial charge is 0.500 e. The Labute approximate surface area is 472 Å². The van der Waals surface area contributed by atoms with Crippen LogP contribution in [0.2, 0.25) is 12.4 Å². The summed E-state index contributed by atoms with van der Waals surface area (Å²) in [6, 6.07) is -3.41. The highest BCUT2D eigenvalue weighted by atomic mass is 28.4. The van der Waals surface area contributed by atoms with Crippen molar-refractivity contribution >= 4 is 26.4 Å². The molecular formula is C38H16BF49O3Si. The van der Waals surface area contributed by atoms with E-state index in [1.807, 2.05) is 0 Å². The van der Waals surface area contributed by atoms with Crippen LogP contribution >= 0.6 is 0 Å². The molecule has 2 rings (SSSR count). The van der Waals surface area contributed by atoms with Crippen LogP contribution in [0.1, 0.15) is 19.3 Å². The fourth-order valence-corrected chi connectivity index (χ4v) is 9.40. The first-order chi connectivity index (χ1) is 40.1. The van der Waals surface area contributed by atoms with Gasteiger partial charge in [-0.15, -0.1) is 0 Å². The molecule has 2 aromatic rings. The minimum absolute atomic E-state index is 3.25. The average molecular weight is 1490 g/mol.